The van der Waals surface area contributed by atoms with Crippen molar-refractivity contribution >= 4 is 5.95 Å². The Balaban J connectivity index is 2.07. The zero-order valence-corrected chi connectivity index (χ0v) is 16.6. The van der Waals surface area contributed by atoms with Gasteiger partial charge in [-0.3, -0.25) is 0 Å². The highest BCUT2D eigenvalue weighted by Gasteiger charge is 2.20. The molecule has 0 spiro atoms. The summed E-state index contributed by atoms with van der Waals surface area (Å²) in [6.45, 7) is 1.48. The van der Waals surface area contributed by atoms with E-state index in [0.29, 0.717) is 28.5 Å². The molecule has 1 aromatic heterocycles. The fourth-order valence-electron chi connectivity index (χ4n) is 3.07. The number of allylic oxidation sites excluding steroid dienone is 1. The number of rotatable bonds is 3. The maximum absolute atomic E-state index is 14.3. The second kappa shape index (κ2) is 9.23. The van der Waals surface area contributed by atoms with E-state index in [1.807, 2.05) is 11.0 Å². The summed E-state index contributed by atoms with van der Waals surface area (Å²) in [5.74, 6) is 11.4. The molecule has 0 amide bonds. The monoisotopic (exact) mass is 406 g/mol. The Kier molecular flexibility index (Phi) is 6.48. The molecule has 0 radical (unpaired) electrons. The lowest BCUT2D eigenvalue weighted by molar-refractivity contribution is 0.458. The van der Waals surface area contributed by atoms with E-state index in [2.05, 4.69) is 21.8 Å². The molecule has 2 aromatic rings. The first-order valence-electron chi connectivity index (χ1n) is 9.43. The molecule has 0 aliphatic carbocycles. The van der Waals surface area contributed by atoms with Crippen LogP contribution in [0.15, 0.2) is 36.3 Å². The molecule has 30 heavy (non-hydrogen) atoms. The van der Waals surface area contributed by atoms with Crippen LogP contribution in [-0.2, 0) is 0 Å². The molecule has 8 nitrogen and oxygen atoms in total. The van der Waals surface area contributed by atoms with Crippen molar-refractivity contribution in [1.29, 1.82) is 5.26 Å². The second-order valence-electron chi connectivity index (χ2n) is 6.98. The lowest BCUT2D eigenvalue weighted by Gasteiger charge is -2.30. The third-order valence-corrected chi connectivity index (χ3v) is 4.82. The molecule has 0 atom stereocenters. The van der Waals surface area contributed by atoms with Gasteiger partial charge in [-0.1, -0.05) is 12.0 Å². The van der Waals surface area contributed by atoms with E-state index in [1.165, 1.54) is 23.3 Å². The van der Waals surface area contributed by atoms with Crippen LogP contribution < -0.4 is 22.2 Å². The Morgan fingerprint density at radius 3 is 2.67 bits per heavy atom. The molecule has 1 aliphatic heterocycles. The number of hydrogen-bond acceptors (Lipinski definition) is 8. The van der Waals surface area contributed by atoms with Crippen molar-refractivity contribution in [2.45, 2.75) is 18.9 Å². The number of nitriles is 1. The number of benzene rings is 1. The highest BCUT2D eigenvalue weighted by atomic mass is 19.1. The summed E-state index contributed by atoms with van der Waals surface area (Å²) >= 11 is 0. The van der Waals surface area contributed by atoms with Crippen molar-refractivity contribution in [3.8, 4) is 29.2 Å². The van der Waals surface area contributed by atoms with Gasteiger partial charge in [-0.2, -0.15) is 5.26 Å². The van der Waals surface area contributed by atoms with Gasteiger partial charge in [-0.15, -0.1) is 0 Å². The normalized spacial score (nSPS) is 14.6. The molecular formula is C21H23FN8. The summed E-state index contributed by atoms with van der Waals surface area (Å²) in [5.41, 5.74) is 13.3. The van der Waals surface area contributed by atoms with Crippen LogP contribution >= 0.6 is 0 Å². The predicted octanol–water partition coefficient (Wildman–Crippen LogP) is 1.04. The Bertz CT molecular complexity index is 1050. The van der Waals surface area contributed by atoms with E-state index in [0.717, 1.165) is 25.9 Å². The van der Waals surface area contributed by atoms with E-state index in [4.69, 9.17) is 22.6 Å². The highest BCUT2D eigenvalue weighted by molar-refractivity contribution is 5.69. The summed E-state index contributed by atoms with van der Waals surface area (Å²) in [4.78, 5) is 11.2. The first-order chi connectivity index (χ1) is 14.4. The van der Waals surface area contributed by atoms with Gasteiger partial charge in [-0.05, 0) is 30.9 Å². The number of anilines is 1. The third-order valence-electron chi connectivity index (χ3n) is 4.82. The molecule has 2 heterocycles. The Labute approximate surface area is 174 Å². The van der Waals surface area contributed by atoms with Crippen molar-refractivity contribution in [1.82, 2.24) is 15.0 Å². The molecule has 1 aliphatic rings. The summed E-state index contributed by atoms with van der Waals surface area (Å²) in [7, 11) is 1.62. The minimum Gasteiger partial charge on any atom is -0.402 e. The standard InChI is InChI=1S/C21H23FN8/c1-29(26)18(12-24)5-4-16-13-27-21(30-8-6-17(25)7-9-30)28-20(16)14-2-3-15(11-23)19(22)10-14/h2-3,10,12-13,17H,6-9,24-26H2,1H3/b18-12-. The number of hydrogen-bond donors (Lipinski definition) is 3. The van der Waals surface area contributed by atoms with Gasteiger partial charge in [0.15, 0.2) is 0 Å². The zero-order chi connectivity index (χ0) is 21.7. The molecule has 9 heteroatoms. The SMILES string of the molecule is CN(N)/C(C#Cc1cnc(N2CCC(N)CC2)nc1-c1ccc(C#N)c(F)c1)=C\N. The van der Waals surface area contributed by atoms with Gasteiger partial charge in [0.25, 0.3) is 0 Å². The largest absolute Gasteiger partial charge is 0.402 e. The van der Waals surface area contributed by atoms with Crippen molar-refractivity contribution in [3.05, 3.63) is 53.2 Å². The van der Waals surface area contributed by atoms with Gasteiger partial charge in [-0.25, -0.2) is 20.2 Å². The van der Waals surface area contributed by atoms with E-state index in [-0.39, 0.29) is 11.6 Å². The van der Waals surface area contributed by atoms with Crippen molar-refractivity contribution in [3.63, 3.8) is 0 Å². The number of hydrazine groups is 1. The molecule has 0 unspecified atom stereocenters. The fourth-order valence-corrected chi connectivity index (χ4v) is 3.07. The molecule has 1 aromatic carbocycles. The minimum atomic E-state index is -0.623. The van der Waals surface area contributed by atoms with Gasteiger partial charge in [0.05, 0.1) is 16.8 Å². The Hall–Kier alpha value is -3.66. The average Bonchev–Trinajstić information content (AvgIpc) is 2.74. The maximum Gasteiger partial charge on any atom is 0.225 e. The van der Waals surface area contributed by atoms with Crippen LogP contribution in [0.5, 0.6) is 0 Å². The van der Waals surface area contributed by atoms with E-state index >= 15 is 0 Å². The van der Waals surface area contributed by atoms with Gasteiger partial charge >= 0.3 is 0 Å². The lowest BCUT2D eigenvalue weighted by Crippen LogP contribution is -2.40. The van der Waals surface area contributed by atoms with Gasteiger partial charge in [0, 0.05) is 44.1 Å². The molecule has 1 saturated heterocycles. The first-order valence-corrected chi connectivity index (χ1v) is 9.43. The maximum atomic E-state index is 14.3. The summed E-state index contributed by atoms with van der Waals surface area (Å²) < 4.78 is 14.3. The first kappa shape index (κ1) is 21.1. The number of halogens is 1. The fraction of sp³-hybridized carbons (Fsp3) is 0.286. The number of piperidine rings is 1. The molecule has 0 saturated carbocycles. The molecule has 3 rings (SSSR count). The summed E-state index contributed by atoms with van der Waals surface area (Å²) in [6.07, 6.45) is 4.58. The van der Waals surface area contributed by atoms with Crippen LogP contribution in [0, 0.1) is 29.0 Å². The van der Waals surface area contributed by atoms with E-state index < -0.39 is 5.82 Å². The van der Waals surface area contributed by atoms with Crippen molar-refractivity contribution in [2.75, 3.05) is 25.0 Å². The van der Waals surface area contributed by atoms with Crippen LogP contribution in [0.25, 0.3) is 11.3 Å². The van der Waals surface area contributed by atoms with Crippen molar-refractivity contribution < 1.29 is 4.39 Å². The quantitative estimate of drug-likeness (QED) is 0.391. The predicted molar refractivity (Wildman–Crippen MR) is 113 cm³/mol. The number of nitrogens with two attached hydrogens (primary N) is 3. The third kappa shape index (κ3) is 4.66. The van der Waals surface area contributed by atoms with Crippen LogP contribution in [0.2, 0.25) is 0 Å². The number of aromatic nitrogens is 2. The van der Waals surface area contributed by atoms with Gasteiger partial charge < -0.3 is 21.4 Å². The minimum absolute atomic E-state index is 0.0382. The van der Waals surface area contributed by atoms with E-state index in [9.17, 15) is 4.39 Å². The second-order valence-corrected chi connectivity index (χ2v) is 6.98. The molecule has 1 fully saturated rings. The average molecular weight is 406 g/mol. The van der Waals surface area contributed by atoms with Crippen LogP contribution in [0.4, 0.5) is 10.3 Å². The Morgan fingerprint density at radius 1 is 1.33 bits per heavy atom. The summed E-state index contributed by atoms with van der Waals surface area (Å²) in [5, 5.41) is 10.3. The Morgan fingerprint density at radius 2 is 2.07 bits per heavy atom. The van der Waals surface area contributed by atoms with Crippen molar-refractivity contribution in [2.24, 2.45) is 17.3 Å². The van der Waals surface area contributed by atoms with Crippen LogP contribution in [0.3, 0.4) is 0 Å². The summed E-state index contributed by atoms with van der Waals surface area (Å²) in [6, 6.07) is 6.33. The molecule has 6 N–H and O–H groups in total. The van der Waals surface area contributed by atoms with Gasteiger partial charge in [0.1, 0.15) is 17.6 Å². The molecular weight excluding hydrogens is 383 g/mol. The topological polar surface area (TPSA) is 134 Å². The number of nitrogens with zero attached hydrogens (tertiary/aromatic N) is 5. The van der Waals surface area contributed by atoms with E-state index in [1.54, 1.807) is 19.3 Å². The van der Waals surface area contributed by atoms with Crippen LogP contribution in [-0.4, -0.2) is 41.2 Å². The lowest BCUT2D eigenvalue weighted by atomic mass is 10.0. The van der Waals surface area contributed by atoms with Gasteiger partial charge in [0.2, 0.25) is 5.95 Å². The molecule has 0 bridgehead atoms. The molecule has 154 valence electrons. The smallest absolute Gasteiger partial charge is 0.225 e. The highest BCUT2D eigenvalue weighted by Crippen LogP contribution is 2.26. The zero-order valence-electron chi connectivity index (χ0n) is 16.6. The van der Waals surface area contributed by atoms with Crippen LogP contribution in [0.1, 0.15) is 24.0 Å².